The van der Waals surface area contributed by atoms with Gasteiger partial charge < -0.3 is 5.53 Å². The molecular formula is C4HCl2N5. The molecule has 7 heteroatoms. The van der Waals surface area contributed by atoms with Gasteiger partial charge >= 0.3 is 6.21 Å². The molecule has 0 atom stereocenters. The number of hydrogen-bond acceptors (Lipinski definition) is 3. The van der Waals surface area contributed by atoms with E-state index in [1.54, 1.807) is 0 Å². The van der Waals surface area contributed by atoms with Crippen LogP contribution >= 0.6 is 23.2 Å². The lowest BCUT2D eigenvalue weighted by Gasteiger charge is -1.88. The molecule has 11 heavy (non-hydrogen) atoms. The molecule has 56 valence electrons. The zero-order chi connectivity index (χ0) is 8.27. The highest BCUT2D eigenvalue weighted by Crippen LogP contribution is 2.04. The Kier molecular flexibility index (Phi) is 2.48. The van der Waals surface area contributed by atoms with Crippen molar-refractivity contribution < 1.29 is 4.79 Å². The Labute approximate surface area is 71.6 Å². The van der Waals surface area contributed by atoms with Crippen LogP contribution in [0, 0.1) is 0 Å². The van der Waals surface area contributed by atoms with E-state index < -0.39 is 0 Å². The summed E-state index contributed by atoms with van der Waals surface area (Å²) in [6.07, 6.45) is 0.999. The number of halogens is 2. The Morgan fingerprint density at radius 3 is 2.18 bits per heavy atom. The Balaban J connectivity index is 3.18. The molecule has 1 aromatic rings. The third-order valence-electron chi connectivity index (χ3n) is 0.771. The van der Waals surface area contributed by atoms with Crippen LogP contribution in [0.5, 0.6) is 0 Å². The van der Waals surface area contributed by atoms with Crippen LogP contribution in [0.2, 0.25) is 10.6 Å². The summed E-state index contributed by atoms with van der Waals surface area (Å²) >= 11 is 10.8. The Hall–Kier alpha value is -1.03. The molecule has 0 spiro atoms. The molecule has 0 bridgehead atoms. The lowest BCUT2D eigenvalue weighted by molar-refractivity contribution is 0.00392. The van der Waals surface area contributed by atoms with Crippen molar-refractivity contribution in [1.82, 2.24) is 15.0 Å². The molecule has 1 rings (SSSR count). The summed E-state index contributed by atoms with van der Waals surface area (Å²) in [6.45, 7) is 0. The molecule has 0 unspecified atom stereocenters. The first-order chi connectivity index (χ1) is 5.22. The molecule has 1 aromatic heterocycles. The molecule has 0 saturated heterocycles. The van der Waals surface area contributed by atoms with E-state index in [0.29, 0.717) is 0 Å². The van der Waals surface area contributed by atoms with E-state index in [-0.39, 0.29) is 16.4 Å². The van der Waals surface area contributed by atoms with Gasteiger partial charge in [0.05, 0.1) is 0 Å². The highest BCUT2D eigenvalue weighted by atomic mass is 35.5. The Bertz CT molecular complexity index is 298. The van der Waals surface area contributed by atoms with Crippen molar-refractivity contribution in [2.75, 3.05) is 0 Å². The Morgan fingerprint density at radius 2 is 1.73 bits per heavy atom. The van der Waals surface area contributed by atoms with E-state index in [4.69, 9.17) is 28.7 Å². The normalized spacial score (nSPS) is 8.91. The molecule has 0 saturated carbocycles. The van der Waals surface area contributed by atoms with Gasteiger partial charge in [-0.05, 0) is 23.2 Å². The van der Waals surface area contributed by atoms with Gasteiger partial charge in [0.25, 0.3) is 0 Å². The van der Waals surface area contributed by atoms with Crippen LogP contribution in [-0.4, -0.2) is 26.0 Å². The fourth-order valence-corrected chi connectivity index (χ4v) is 0.826. The Morgan fingerprint density at radius 1 is 1.18 bits per heavy atom. The smallest absolute Gasteiger partial charge is 0.325 e. The quantitative estimate of drug-likeness (QED) is 0.373. The van der Waals surface area contributed by atoms with Gasteiger partial charge in [-0.1, -0.05) is 0 Å². The van der Waals surface area contributed by atoms with Crippen molar-refractivity contribution in [1.29, 1.82) is 0 Å². The van der Waals surface area contributed by atoms with Gasteiger partial charge in [0, 0.05) is 0 Å². The van der Waals surface area contributed by atoms with Crippen molar-refractivity contribution in [2.24, 2.45) is 0 Å². The monoisotopic (exact) mass is 189 g/mol. The lowest BCUT2D eigenvalue weighted by atomic mass is 10.7. The topological polar surface area (TPSA) is 75.1 Å². The van der Waals surface area contributed by atoms with Crippen molar-refractivity contribution in [3.8, 4) is 0 Å². The molecule has 0 aliphatic carbocycles. The van der Waals surface area contributed by atoms with E-state index in [2.05, 4.69) is 19.7 Å². The summed E-state index contributed by atoms with van der Waals surface area (Å²) in [4.78, 5) is 13.3. The maximum absolute atomic E-state index is 8.08. The largest absolute Gasteiger partial charge is 0.361 e. The van der Waals surface area contributed by atoms with Gasteiger partial charge in [-0.25, -0.2) is 0 Å². The van der Waals surface area contributed by atoms with E-state index >= 15 is 0 Å². The highest BCUT2D eigenvalue weighted by Gasteiger charge is 2.02. The van der Waals surface area contributed by atoms with Gasteiger partial charge in [0.2, 0.25) is 16.4 Å². The summed E-state index contributed by atoms with van der Waals surface area (Å²) < 4.78 is 0. The number of nitrogens with zero attached hydrogens (tertiary/aromatic N) is 5. The second-order valence-electron chi connectivity index (χ2n) is 1.48. The minimum atomic E-state index is -0.0418. The number of rotatable bonds is 1. The number of aromatic nitrogens is 3. The van der Waals surface area contributed by atoms with Crippen molar-refractivity contribution >= 4 is 29.4 Å². The molecule has 0 aliphatic rings. The van der Waals surface area contributed by atoms with E-state index in [1.807, 2.05) is 0 Å². The molecule has 1 heterocycles. The third-order valence-corrected chi connectivity index (χ3v) is 1.11. The predicted octanol–water partition coefficient (Wildman–Crippen LogP) is 0.827. The van der Waals surface area contributed by atoms with E-state index in [9.17, 15) is 0 Å². The van der Waals surface area contributed by atoms with Crippen LogP contribution in [0.1, 0.15) is 5.82 Å². The summed E-state index contributed by atoms with van der Waals surface area (Å²) in [5.41, 5.74) is 8.08. The molecule has 0 radical (unpaired) electrons. The molecule has 0 amide bonds. The average Bonchev–Trinajstić information content (AvgIpc) is 1.85. The van der Waals surface area contributed by atoms with E-state index in [0.717, 1.165) is 6.21 Å². The molecule has 0 N–H and O–H groups in total. The van der Waals surface area contributed by atoms with Gasteiger partial charge in [-0.3, -0.25) is 0 Å². The zero-order valence-corrected chi connectivity index (χ0v) is 6.58. The third kappa shape index (κ3) is 2.23. The van der Waals surface area contributed by atoms with Gasteiger partial charge in [0.1, 0.15) is 0 Å². The second-order valence-corrected chi connectivity index (χ2v) is 2.15. The second kappa shape index (κ2) is 3.39. The SMILES string of the molecule is [N-]=[N+]=Cc1nc(Cl)nc(Cl)n1. The summed E-state index contributed by atoms with van der Waals surface area (Å²) in [7, 11) is 0. The lowest BCUT2D eigenvalue weighted by Crippen LogP contribution is -1.96. The maximum Gasteiger partial charge on any atom is 0.325 e. The summed E-state index contributed by atoms with van der Waals surface area (Å²) in [6, 6.07) is 0. The first kappa shape index (κ1) is 8.07. The number of hydrogen-bond donors (Lipinski definition) is 0. The first-order valence-corrected chi connectivity index (χ1v) is 3.22. The van der Waals surface area contributed by atoms with Gasteiger partial charge in [-0.2, -0.15) is 19.7 Å². The molecular weight excluding hydrogens is 189 g/mol. The van der Waals surface area contributed by atoms with Crippen LogP contribution in [0.15, 0.2) is 0 Å². The summed E-state index contributed by atoms with van der Waals surface area (Å²) in [5.74, 6) is 0.109. The fourth-order valence-electron chi connectivity index (χ4n) is 0.450. The zero-order valence-electron chi connectivity index (χ0n) is 5.07. The fraction of sp³-hybridized carbons (Fsp3) is 0. The van der Waals surface area contributed by atoms with Crippen LogP contribution in [-0.2, 0) is 0 Å². The minimum Gasteiger partial charge on any atom is -0.361 e. The molecule has 5 nitrogen and oxygen atoms in total. The molecule has 0 fully saturated rings. The standard InChI is InChI=1S/C4HCl2N5/c5-3-9-2(1-8-7)10-4(6)11-3/h1H. The minimum absolute atomic E-state index is 0.0418. The van der Waals surface area contributed by atoms with Crippen LogP contribution in [0.3, 0.4) is 0 Å². The van der Waals surface area contributed by atoms with Crippen LogP contribution < -0.4 is 0 Å². The summed E-state index contributed by atoms with van der Waals surface area (Å²) in [5, 5.41) is -0.0835. The van der Waals surface area contributed by atoms with Gasteiger partial charge in [-0.15, -0.1) is 0 Å². The van der Waals surface area contributed by atoms with E-state index in [1.165, 1.54) is 0 Å². The van der Waals surface area contributed by atoms with Crippen molar-refractivity contribution in [3.05, 3.63) is 21.9 Å². The highest BCUT2D eigenvalue weighted by molar-refractivity contribution is 6.31. The molecule has 0 aliphatic heterocycles. The maximum atomic E-state index is 8.08. The predicted molar refractivity (Wildman–Crippen MR) is 38.6 cm³/mol. The van der Waals surface area contributed by atoms with Gasteiger partial charge in [0.15, 0.2) is 0 Å². The first-order valence-electron chi connectivity index (χ1n) is 2.47. The average molecular weight is 190 g/mol. The van der Waals surface area contributed by atoms with Crippen LogP contribution in [0.25, 0.3) is 5.53 Å². The molecule has 0 aromatic carbocycles. The van der Waals surface area contributed by atoms with Crippen molar-refractivity contribution in [3.63, 3.8) is 0 Å². The van der Waals surface area contributed by atoms with Crippen molar-refractivity contribution in [2.45, 2.75) is 0 Å². The van der Waals surface area contributed by atoms with Crippen LogP contribution in [0.4, 0.5) is 0 Å².